The van der Waals surface area contributed by atoms with Crippen molar-refractivity contribution < 1.29 is 8.42 Å². The molecule has 4 N–H and O–H groups in total. The van der Waals surface area contributed by atoms with E-state index in [4.69, 9.17) is 5.73 Å². The summed E-state index contributed by atoms with van der Waals surface area (Å²) in [6.07, 6.45) is 2.74. The summed E-state index contributed by atoms with van der Waals surface area (Å²) in [5.74, 6) is 0.278. The van der Waals surface area contributed by atoms with Crippen LogP contribution < -0.4 is 15.8 Å². The molecule has 0 aliphatic heterocycles. The van der Waals surface area contributed by atoms with Crippen LogP contribution in [0.1, 0.15) is 0 Å². The molecule has 0 aromatic rings. The zero-order valence-electron chi connectivity index (χ0n) is 8.16. The Hall–Kier alpha value is -1.08. The molecule has 0 atom stereocenters. The first kappa shape index (κ1) is 12.9. The Balaban J connectivity index is 3.66. The van der Waals surface area contributed by atoms with Crippen LogP contribution in [-0.2, 0) is 10.0 Å². The largest absolute Gasteiger partial charge is 0.370 e. The zero-order valence-corrected chi connectivity index (χ0v) is 8.97. The molecule has 0 rings (SSSR count). The normalized spacial score (nSPS) is 12.5. The van der Waals surface area contributed by atoms with Crippen LogP contribution in [0.2, 0.25) is 0 Å². The van der Waals surface area contributed by atoms with Crippen molar-refractivity contribution in [1.82, 2.24) is 10.0 Å². The second-order valence-electron chi connectivity index (χ2n) is 2.60. The van der Waals surface area contributed by atoms with Crippen LogP contribution in [-0.4, -0.2) is 40.3 Å². The van der Waals surface area contributed by atoms with Crippen LogP contribution in [0.3, 0.4) is 0 Å². The maximum atomic E-state index is 10.6. The molecule has 0 amide bonds. The molecule has 6 nitrogen and oxygen atoms in total. The fraction of sp³-hybridized carbons (Fsp3) is 0.571. The quantitative estimate of drug-likeness (QED) is 0.222. The van der Waals surface area contributed by atoms with E-state index in [1.807, 2.05) is 0 Å². The molecule has 7 heteroatoms. The summed E-state index contributed by atoms with van der Waals surface area (Å²) in [6.45, 7) is 4.59. The molecule has 82 valence electrons. The first-order valence-electron chi connectivity index (χ1n) is 4.05. The monoisotopic (exact) mass is 220 g/mol. The highest BCUT2D eigenvalue weighted by Crippen LogP contribution is 1.74. The Labute approximate surface area is 84.3 Å². The van der Waals surface area contributed by atoms with E-state index in [9.17, 15) is 8.42 Å². The van der Waals surface area contributed by atoms with Crippen molar-refractivity contribution in [3.63, 3.8) is 0 Å². The highest BCUT2D eigenvalue weighted by Gasteiger charge is 1.97. The SMILES string of the molecule is C=CCNC(N)=NCCNS(C)(=O)=O. The molecule has 0 saturated carbocycles. The Bertz CT molecular complexity index is 297. The summed E-state index contributed by atoms with van der Waals surface area (Å²) in [5, 5.41) is 2.76. The van der Waals surface area contributed by atoms with Crippen molar-refractivity contribution in [3.8, 4) is 0 Å². The molecule has 0 unspecified atom stereocenters. The van der Waals surface area contributed by atoms with Crippen molar-refractivity contribution in [2.24, 2.45) is 10.7 Å². The lowest BCUT2D eigenvalue weighted by Crippen LogP contribution is -2.33. The van der Waals surface area contributed by atoms with Gasteiger partial charge in [0, 0.05) is 13.1 Å². The minimum Gasteiger partial charge on any atom is -0.370 e. The van der Waals surface area contributed by atoms with Crippen LogP contribution >= 0.6 is 0 Å². The molecular weight excluding hydrogens is 204 g/mol. The number of hydrogen-bond acceptors (Lipinski definition) is 3. The lowest BCUT2D eigenvalue weighted by molar-refractivity contribution is 0.588. The van der Waals surface area contributed by atoms with Crippen LogP contribution in [0.4, 0.5) is 0 Å². The summed E-state index contributed by atoms with van der Waals surface area (Å²) in [7, 11) is -3.14. The molecule has 0 fully saturated rings. The molecule has 14 heavy (non-hydrogen) atoms. The third-order valence-electron chi connectivity index (χ3n) is 1.19. The van der Waals surface area contributed by atoms with E-state index in [-0.39, 0.29) is 12.5 Å². The van der Waals surface area contributed by atoms with Gasteiger partial charge in [-0.3, -0.25) is 4.99 Å². The zero-order chi connectivity index (χ0) is 11.0. The van der Waals surface area contributed by atoms with E-state index in [1.165, 1.54) is 0 Å². The molecular formula is C7H16N4O2S. The minimum absolute atomic E-state index is 0.245. The smallest absolute Gasteiger partial charge is 0.208 e. The van der Waals surface area contributed by atoms with Gasteiger partial charge in [0.2, 0.25) is 10.0 Å². The predicted octanol–water partition coefficient (Wildman–Crippen LogP) is -1.37. The average Bonchev–Trinajstić information content (AvgIpc) is 2.07. The van der Waals surface area contributed by atoms with Gasteiger partial charge in [-0.25, -0.2) is 13.1 Å². The van der Waals surface area contributed by atoms with Crippen molar-refractivity contribution >= 4 is 16.0 Å². The third kappa shape index (κ3) is 9.01. The van der Waals surface area contributed by atoms with Crippen LogP contribution in [0.25, 0.3) is 0 Å². The van der Waals surface area contributed by atoms with Gasteiger partial charge >= 0.3 is 0 Å². The second-order valence-corrected chi connectivity index (χ2v) is 4.44. The van der Waals surface area contributed by atoms with E-state index in [2.05, 4.69) is 21.6 Å². The Morgan fingerprint density at radius 3 is 2.79 bits per heavy atom. The molecule has 0 radical (unpaired) electrons. The summed E-state index contributed by atoms with van der Waals surface area (Å²) in [5.41, 5.74) is 5.42. The molecule has 0 aromatic carbocycles. The van der Waals surface area contributed by atoms with Gasteiger partial charge in [0.25, 0.3) is 0 Å². The summed E-state index contributed by atoms with van der Waals surface area (Å²) < 4.78 is 23.6. The van der Waals surface area contributed by atoms with E-state index < -0.39 is 10.0 Å². The average molecular weight is 220 g/mol. The molecule has 0 heterocycles. The molecule has 0 bridgehead atoms. The first-order chi connectivity index (χ1) is 6.45. The van der Waals surface area contributed by atoms with E-state index in [0.29, 0.717) is 13.1 Å². The third-order valence-corrected chi connectivity index (χ3v) is 1.91. The van der Waals surface area contributed by atoms with Crippen LogP contribution in [0.5, 0.6) is 0 Å². The van der Waals surface area contributed by atoms with Gasteiger partial charge in [0.1, 0.15) is 0 Å². The lowest BCUT2D eigenvalue weighted by Gasteiger charge is -2.02. The maximum absolute atomic E-state index is 10.6. The van der Waals surface area contributed by atoms with Crippen molar-refractivity contribution in [1.29, 1.82) is 0 Å². The van der Waals surface area contributed by atoms with Gasteiger partial charge in [0.05, 0.1) is 12.8 Å². The minimum atomic E-state index is -3.14. The number of rotatable bonds is 6. The number of guanidine groups is 1. The van der Waals surface area contributed by atoms with Crippen molar-refractivity contribution in [2.75, 3.05) is 25.9 Å². The predicted molar refractivity (Wildman–Crippen MR) is 57.5 cm³/mol. The van der Waals surface area contributed by atoms with E-state index in [0.717, 1.165) is 6.26 Å². The first-order valence-corrected chi connectivity index (χ1v) is 5.94. The number of aliphatic imine (C=N–C) groups is 1. The van der Waals surface area contributed by atoms with Gasteiger partial charge in [-0.15, -0.1) is 6.58 Å². The van der Waals surface area contributed by atoms with E-state index >= 15 is 0 Å². The van der Waals surface area contributed by atoms with Gasteiger partial charge < -0.3 is 11.1 Å². The fourth-order valence-electron chi connectivity index (χ4n) is 0.640. The number of nitrogens with zero attached hydrogens (tertiary/aromatic N) is 1. The fourth-order valence-corrected chi connectivity index (χ4v) is 1.10. The van der Waals surface area contributed by atoms with Crippen LogP contribution in [0.15, 0.2) is 17.6 Å². The molecule has 0 aromatic heterocycles. The second kappa shape index (κ2) is 6.39. The molecule has 0 aliphatic carbocycles. The van der Waals surface area contributed by atoms with Gasteiger partial charge in [-0.2, -0.15) is 0 Å². The van der Waals surface area contributed by atoms with Crippen molar-refractivity contribution in [3.05, 3.63) is 12.7 Å². The van der Waals surface area contributed by atoms with Gasteiger partial charge in [-0.1, -0.05) is 6.08 Å². The molecule has 0 saturated heterocycles. The van der Waals surface area contributed by atoms with Gasteiger partial charge in [-0.05, 0) is 0 Å². The summed E-state index contributed by atoms with van der Waals surface area (Å²) >= 11 is 0. The highest BCUT2D eigenvalue weighted by molar-refractivity contribution is 7.88. The number of nitrogens with two attached hydrogens (primary N) is 1. The molecule has 0 aliphatic rings. The van der Waals surface area contributed by atoms with Crippen LogP contribution in [0, 0.1) is 0 Å². The topological polar surface area (TPSA) is 96.6 Å². The summed E-state index contributed by atoms with van der Waals surface area (Å²) in [4.78, 5) is 3.87. The van der Waals surface area contributed by atoms with Crippen molar-refractivity contribution in [2.45, 2.75) is 0 Å². The lowest BCUT2D eigenvalue weighted by atomic mass is 10.6. The number of hydrogen-bond donors (Lipinski definition) is 3. The maximum Gasteiger partial charge on any atom is 0.208 e. The summed E-state index contributed by atoms with van der Waals surface area (Å²) in [6, 6.07) is 0. The highest BCUT2D eigenvalue weighted by atomic mass is 32.2. The number of sulfonamides is 1. The van der Waals surface area contributed by atoms with Gasteiger partial charge in [0.15, 0.2) is 5.96 Å². The molecule has 0 spiro atoms. The Morgan fingerprint density at radius 1 is 1.64 bits per heavy atom. The Kier molecular flexibility index (Phi) is 5.89. The standard InChI is InChI=1S/C7H16N4O2S/c1-3-4-9-7(8)10-5-6-11-14(2,12)13/h3,11H,1,4-6H2,2H3,(H3,8,9,10). The van der Waals surface area contributed by atoms with E-state index in [1.54, 1.807) is 6.08 Å². The number of nitrogens with one attached hydrogen (secondary N) is 2. The Morgan fingerprint density at radius 2 is 2.29 bits per heavy atom.